The van der Waals surface area contributed by atoms with Crippen LogP contribution in [0.2, 0.25) is 0 Å². The molecule has 0 saturated carbocycles. The third kappa shape index (κ3) is 2.95. The fraction of sp³-hybridized carbons (Fsp3) is 0.174. The van der Waals surface area contributed by atoms with Gasteiger partial charge in [0.1, 0.15) is 0 Å². The van der Waals surface area contributed by atoms with E-state index < -0.39 is 0 Å². The zero-order chi connectivity index (χ0) is 18.9. The van der Waals surface area contributed by atoms with Crippen molar-refractivity contribution in [2.24, 2.45) is 0 Å². The van der Waals surface area contributed by atoms with Crippen LogP contribution in [0.5, 0.6) is 0 Å². The third-order valence-corrected chi connectivity index (χ3v) is 5.30. The van der Waals surface area contributed by atoms with E-state index >= 15 is 0 Å². The van der Waals surface area contributed by atoms with Crippen LogP contribution in [-0.2, 0) is 0 Å². The highest BCUT2D eigenvalue weighted by molar-refractivity contribution is 5.92. The van der Waals surface area contributed by atoms with Gasteiger partial charge in [0, 0.05) is 19.3 Å². The number of nitrogens with one attached hydrogen (secondary N) is 1. The molecule has 138 valence electrons. The summed E-state index contributed by atoms with van der Waals surface area (Å²) in [6.45, 7) is 1.85. The standard InChI is InChI=1S/C23H20N4O/c28-22-20-19(18-10-8-17(9-11-18)16-6-2-1-3-7-16)12-13-24-21(20)25-23(26-22)27-14-4-5-15-27/h1-3,6-13H,4-5,14-15H2,(H,24,25,26,28). The van der Waals surface area contributed by atoms with Crippen molar-refractivity contribution in [3.8, 4) is 22.3 Å². The van der Waals surface area contributed by atoms with E-state index in [2.05, 4.69) is 44.1 Å². The van der Waals surface area contributed by atoms with Crippen LogP contribution in [0.25, 0.3) is 33.3 Å². The van der Waals surface area contributed by atoms with E-state index in [1.807, 2.05) is 36.4 Å². The van der Waals surface area contributed by atoms with Gasteiger partial charge < -0.3 is 4.90 Å². The molecule has 0 radical (unpaired) electrons. The SMILES string of the molecule is O=c1[nH]c(N2CCCC2)nc2nccc(-c3ccc(-c4ccccc4)cc3)c12. The number of aromatic amines is 1. The Bertz CT molecular complexity index is 1180. The van der Waals surface area contributed by atoms with Crippen LogP contribution in [0.3, 0.4) is 0 Å². The van der Waals surface area contributed by atoms with Crippen LogP contribution < -0.4 is 10.5 Å². The Hall–Kier alpha value is -3.47. The maximum absolute atomic E-state index is 12.9. The predicted molar refractivity (Wildman–Crippen MR) is 112 cm³/mol. The van der Waals surface area contributed by atoms with Crippen LogP contribution in [0.4, 0.5) is 5.95 Å². The summed E-state index contributed by atoms with van der Waals surface area (Å²) in [6, 6.07) is 20.4. The lowest BCUT2D eigenvalue weighted by atomic mass is 9.99. The van der Waals surface area contributed by atoms with Crippen LogP contribution in [0.15, 0.2) is 71.7 Å². The number of hydrogen-bond acceptors (Lipinski definition) is 4. The molecule has 0 spiro atoms. The van der Waals surface area contributed by atoms with Crippen LogP contribution in [0.1, 0.15) is 12.8 Å². The molecule has 1 N–H and O–H groups in total. The van der Waals surface area contributed by atoms with Gasteiger partial charge in [0.25, 0.3) is 5.56 Å². The highest BCUT2D eigenvalue weighted by Crippen LogP contribution is 2.28. The number of hydrogen-bond donors (Lipinski definition) is 1. The van der Waals surface area contributed by atoms with Gasteiger partial charge in [-0.3, -0.25) is 9.78 Å². The Kier molecular flexibility index (Phi) is 4.13. The molecule has 1 saturated heterocycles. The van der Waals surface area contributed by atoms with Gasteiger partial charge in [-0.25, -0.2) is 4.98 Å². The van der Waals surface area contributed by atoms with Crippen molar-refractivity contribution in [1.29, 1.82) is 0 Å². The first-order chi connectivity index (χ1) is 13.8. The van der Waals surface area contributed by atoms with Gasteiger partial charge in [-0.1, -0.05) is 54.6 Å². The lowest BCUT2D eigenvalue weighted by Crippen LogP contribution is -2.24. The molecule has 5 nitrogen and oxygen atoms in total. The van der Waals surface area contributed by atoms with Crippen molar-refractivity contribution in [1.82, 2.24) is 15.0 Å². The largest absolute Gasteiger partial charge is 0.342 e. The van der Waals surface area contributed by atoms with Crippen molar-refractivity contribution in [2.75, 3.05) is 18.0 Å². The smallest absolute Gasteiger partial charge is 0.262 e. The number of pyridine rings is 1. The highest BCUT2D eigenvalue weighted by Gasteiger charge is 2.17. The lowest BCUT2D eigenvalue weighted by Gasteiger charge is -2.16. The summed E-state index contributed by atoms with van der Waals surface area (Å²) in [5.74, 6) is 0.624. The van der Waals surface area contributed by atoms with Gasteiger partial charge in [-0.2, -0.15) is 4.98 Å². The van der Waals surface area contributed by atoms with E-state index in [1.165, 1.54) is 5.56 Å². The molecule has 0 bridgehead atoms. The van der Waals surface area contributed by atoms with E-state index in [-0.39, 0.29) is 5.56 Å². The fourth-order valence-electron chi connectivity index (χ4n) is 3.84. The molecule has 0 atom stereocenters. The minimum Gasteiger partial charge on any atom is -0.342 e. The topological polar surface area (TPSA) is 61.9 Å². The monoisotopic (exact) mass is 368 g/mol. The number of nitrogens with zero attached hydrogens (tertiary/aromatic N) is 3. The molecule has 0 aliphatic carbocycles. The zero-order valence-corrected chi connectivity index (χ0v) is 15.4. The molecular formula is C23H20N4O. The van der Waals surface area contributed by atoms with E-state index in [4.69, 9.17) is 0 Å². The van der Waals surface area contributed by atoms with Crippen molar-refractivity contribution in [3.63, 3.8) is 0 Å². The Labute approximate surface area is 162 Å². The molecule has 4 aromatic rings. The lowest BCUT2D eigenvalue weighted by molar-refractivity contribution is 0.897. The number of benzene rings is 2. The minimum atomic E-state index is -0.137. The van der Waals surface area contributed by atoms with Gasteiger partial charge in [-0.15, -0.1) is 0 Å². The average Bonchev–Trinajstić information content (AvgIpc) is 3.29. The zero-order valence-electron chi connectivity index (χ0n) is 15.4. The summed E-state index contributed by atoms with van der Waals surface area (Å²) in [5.41, 5.74) is 4.51. The summed E-state index contributed by atoms with van der Waals surface area (Å²) in [6.07, 6.45) is 3.98. The fourth-order valence-corrected chi connectivity index (χ4v) is 3.84. The first-order valence-electron chi connectivity index (χ1n) is 9.59. The second-order valence-electron chi connectivity index (χ2n) is 7.08. The van der Waals surface area contributed by atoms with E-state index in [9.17, 15) is 4.79 Å². The molecule has 3 heterocycles. The summed E-state index contributed by atoms with van der Waals surface area (Å²) in [7, 11) is 0. The number of H-pyrrole nitrogens is 1. The van der Waals surface area contributed by atoms with Crippen molar-refractivity contribution >= 4 is 17.0 Å². The third-order valence-electron chi connectivity index (χ3n) is 5.30. The maximum Gasteiger partial charge on any atom is 0.262 e. The molecule has 1 fully saturated rings. The second kappa shape index (κ2) is 6.93. The first-order valence-corrected chi connectivity index (χ1v) is 9.59. The van der Waals surface area contributed by atoms with E-state index in [1.54, 1.807) is 6.20 Å². The number of rotatable bonds is 3. The molecule has 0 unspecified atom stereocenters. The highest BCUT2D eigenvalue weighted by atomic mass is 16.1. The maximum atomic E-state index is 12.9. The first kappa shape index (κ1) is 16.7. The molecule has 2 aromatic carbocycles. The molecule has 1 aliphatic rings. The van der Waals surface area contributed by atoms with Crippen LogP contribution >= 0.6 is 0 Å². The summed E-state index contributed by atoms with van der Waals surface area (Å²) < 4.78 is 0. The van der Waals surface area contributed by atoms with Gasteiger partial charge in [0.05, 0.1) is 5.39 Å². The summed E-state index contributed by atoms with van der Waals surface area (Å²) in [5, 5.41) is 0.540. The average molecular weight is 368 g/mol. The Morgan fingerprint density at radius 1 is 0.821 bits per heavy atom. The predicted octanol–water partition coefficient (Wildman–Crippen LogP) is 4.25. The van der Waals surface area contributed by atoms with Crippen molar-refractivity contribution < 1.29 is 0 Å². The molecule has 0 amide bonds. The summed E-state index contributed by atoms with van der Waals surface area (Å²) in [4.78, 5) is 26.9. The van der Waals surface area contributed by atoms with Gasteiger partial charge in [0.2, 0.25) is 5.95 Å². The molecule has 2 aromatic heterocycles. The Morgan fingerprint density at radius 2 is 1.50 bits per heavy atom. The van der Waals surface area contributed by atoms with Crippen molar-refractivity contribution in [2.45, 2.75) is 12.8 Å². The van der Waals surface area contributed by atoms with Gasteiger partial charge >= 0.3 is 0 Å². The summed E-state index contributed by atoms with van der Waals surface area (Å²) >= 11 is 0. The number of fused-ring (bicyclic) bond motifs is 1. The normalized spacial score (nSPS) is 13.9. The Morgan fingerprint density at radius 3 is 2.25 bits per heavy atom. The van der Waals surface area contributed by atoms with Crippen LogP contribution in [0, 0.1) is 0 Å². The van der Waals surface area contributed by atoms with E-state index in [0.29, 0.717) is 17.0 Å². The molecule has 1 aliphatic heterocycles. The van der Waals surface area contributed by atoms with E-state index in [0.717, 1.165) is 42.6 Å². The number of anilines is 1. The molecule has 28 heavy (non-hydrogen) atoms. The minimum absolute atomic E-state index is 0.137. The second-order valence-corrected chi connectivity index (χ2v) is 7.08. The molecule has 5 heteroatoms. The molecule has 5 rings (SSSR count). The van der Waals surface area contributed by atoms with Gasteiger partial charge in [-0.05, 0) is 41.2 Å². The Balaban J connectivity index is 1.58. The van der Waals surface area contributed by atoms with Crippen molar-refractivity contribution in [3.05, 3.63) is 77.2 Å². The number of aromatic nitrogens is 3. The quantitative estimate of drug-likeness (QED) is 0.587. The van der Waals surface area contributed by atoms with Crippen LogP contribution in [-0.4, -0.2) is 28.0 Å². The molecular weight excluding hydrogens is 348 g/mol. The van der Waals surface area contributed by atoms with Gasteiger partial charge in [0.15, 0.2) is 5.65 Å².